The Balaban J connectivity index is 1.58. The van der Waals surface area contributed by atoms with Gasteiger partial charge in [0.15, 0.2) is 11.6 Å². The van der Waals surface area contributed by atoms with Crippen molar-refractivity contribution in [2.45, 2.75) is 83.1 Å². The van der Waals surface area contributed by atoms with Crippen LogP contribution in [0.4, 0.5) is 0 Å². The minimum absolute atomic E-state index is 0.224. The van der Waals surface area contributed by atoms with E-state index in [9.17, 15) is 0 Å². The number of fused-ring (bicyclic) bond motifs is 3. The van der Waals surface area contributed by atoms with E-state index in [2.05, 4.69) is 6.92 Å². The van der Waals surface area contributed by atoms with Gasteiger partial charge in [0.2, 0.25) is 5.79 Å². The highest BCUT2D eigenvalue weighted by Gasteiger charge is 2.67. The largest absolute Gasteiger partial charge is 0.379 e. The second kappa shape index (κ2) is 7.38. The molecule has 3 saturated heterocycles. The standard InChI is InChI=1S/C18H32O7/c1-6-7-8-19-9-10-20-12-18-15(24-17(4,5)25-18)14-13(22-18)11-21-16(2,3)23-14/h13-15H,6-12H2,1-5H3/t13-,14+,15-,18-/m0/s1. The van der Waals surface area contributed by atoms with Gasteiger partial charge in [0.05, 0.1) is 19.8 Å². The fraction of sp³-hybridized carbons (Fsp3) is 1.00. The van der Waals surface area contributed by atoms with Crippen LogP contribution in [0.3, 0.4) is 0 Å². The lowest BCUT2D eigenvalue weighted by Crippen LogP contribution is -2.51. The Morgan fingerprint density at radius 3 is 2.44 bits per heavy atom. The van der Waals surface area contributed by atoms with E-state index in [1.807, 2.05) is 27.7 Å². The van der Waals surface area contributed by atoms with Gasteiger partial charge in [0.1, 0.15) is 24.9 Å². The smallest absolute Gasteiger partial charge is 0.224 e. The molecule has 0 bridgehead atoms. The Kier molecular flexibility index (Phi) is 5.75. The van der Waals surface area contributed by atoms with Crippen molar-refractivity contribution in [2.24, 2.45) is 0 Å². The summed E-state index contributed by atoms with van der Waals surface area (Å²) in [5.74, 6) is -2.38. The molecule has 0 saturated carbocycles. The van der Waals surface area contributed by atoms with Crippen molar-refractivity contribution in [1.29, 1.82) is 0 Å². The number of hydrogen-bond acceptors (Lipinski definition) is 7. The van der Waals surface area contributed by atoms with Crippen LogP contribution in [-0.4, -0.2) is 68.7 Å². The Bertz CT molecular complexity index is 453. The molecule has 4 atom stereocenters. The van der Waals surface area contributed by atoms with Gasteiger partial charge in [0, 0.05) is 6.61 Å². The Morgan fingerprint density at radius 2 is 1.68 bits per heavy atom. The van der Waals surface area contributed by atoms with Gasteiger partial charge in [-0.05, 0) is 34.1 Å². The van der Waals surface area contributed by atoms with Crippen LogP contribution in [0.5, 0.6) is 0 Å². The van der Waals surface area contributed by atoms with Gasteiger partial charge in [0.25, 0.3) is 0 Å². The van der Waals surface area contributed by atoms with E-state index >= 15 is 0 Å². The van der Waals surface area contributed by atoms with Crippen LogP contribution < -0.4 is 0 Å². The van der Waals surface area contributed by atoms with Crippen LogP contribution in [0, 0.1) is 0 Å². The summed E-state index contributed by atoms with van der Waals surface area (Å²) >= 11 is 0. The first kappa shape index (κ1) is 19.5. The molecule has 25 heavy (non-hydrogen) atoms. The van der Waals surface area contributed by atoms with Gasteiger partial charge >= 0.3 is 0 Å². The quantitative estimate of drug-likeness (QED) is 0.615. The zero-order chi connectivity index (χ0) is 18.1. The van der Waals surface area contributed by atoms with Crippen LogP contribution in [-0.2, 0) is 33.2 Å². The minimum atomic E-state index is -0.966. The summed E-state index contributed by atoms with van der Waals surface area (Å²) in [5.41, 5.74) is 0. The van der Waals surface area contributed by atoms with E-state index in [1.165, 1.54) is 0 Å². The van der Waals surface area contributed by atoms with Gasteiger partial charge in [-0.1, -0.05) is 13.3 Å². The third-order valence-electron chi connectivity index (χ3n) is 4.61. The topological polar surface area (TPSA) is 64.6 Å². The van der Waals surface area contributed by atoms with E-state index < -0.39 is 17.4 Å². The highest BCUT2D eigenvalue weighted by molar-refractivity contribution is 5.05. The van der Waals surface area contributed by atoms with Crippen LogP contribution in [0.25, 0.3) is 0 Å². The third-order valence-corrected chi connectivity index (χ3v) is 4.61. The van der Waals surface area contributed by atoms with E-state index in [0.717, 1.165) is 19.4 Å². The lowest BCUT2D eigenvalue weighted by atomic mass is 10.0. The molecule has 7 heteroatoms. The zero-order valence-corrected chi connectivity index (χ0v) is 16.0. The van der Waals surface area contributed by atoms with Crippen molar-refractivity contribution < 1.29 is 33.2 Å². The lowest BCUT2D eigenvalue weighted by molar-refractivity contribution is -0.331. The molecule has 0 aromatic rings. The number of hydrogen-bond donors (Lipinski definition) is 0. The molecule has 0 N–H and O–H groups in total. The summed E-state index contributed by atoms with van der Waals surface area (Å²) in [7, 11) is 0. The van der Waals surface area contributed by atoms with Gasteiger partial charge in [-0.25, -0.2) is 0 Å². The van der Waals surface area contributed by atoms with Crippen molar-refractivity contribution in [3.8, 4) is 0 Å². The monoisotopic (exact) mass is 360 g/mol. The molecule has 3 rings (SSSR count). The Labute approximate surface area is 150 Å². The van der Waals surface area contributed by atoms with Crippen molar-refractivity contribution in [3.63, 3.8) is 0 Å². The van der Waals surface area contributed by atoms with Crippen LogP contribution in [0.15, 0.2) is 0 Å². The molecule has 0 radical (unpaired) electrons. The second-order valence-corrected chi connectivity index (χ2v) is 7.82. The van der Waals surface area contributed by atoms with Gasteiger partial charge in [-0.15, -0.1) is 0 Å². The van der Waals surface area contributed by atoms with E-state index in [-0.39, 0.29) is 24.9 Å². The number of unbranched alkanes of at least 4 members (excludes halogenated alkanes) is 1. The molecule has 7 nitrogen and oxygen atoms in total. The van der Waals surface area contributed by atoms with Crippen molar-refractivity contribution in [1.82, 2.24) is 0 Å². The molecule has 3 fully saturated rings. The Hall–Kier alpha value is -0.280. The molecular formula is C18H32O7. The predicted octanol–water partition coefficient (Wildman–Crippen LogP) is 2.22. The third kappa shape index (κ3) is 4.35. The fourth-order valence-electron chi connectivity index (χ4n) is 3.56. The first-order valence-corrected chi connectivity index (χ1v) is 9.30. The highest BCUT2D eigenvalue weighted by atomic mass is 16.9. The van der Waals surface area contributed by atoms with E-state index in [1.54, 1.807) is 0 Å². The highest BCUT2D eigenvalue weighted by Crippen LogP contribution is 2.48. The maximum absolute atomic E-state index is 6.19. The van der Waals surface area contributed by atoms with Crippen LogP contribution in [0.1, 0.15) is 47.5 Å². The zero-order valence-electron chi connectivity index (χ0n) is 16.0. The number of ether oxygens (including phenoxy) is 7. The molecule has 0 aromatic carbocycles. The Morgan fingerprint density at radius 1 is 0.920 bits per heavy atom. The summed E-state index contributed by atoms with van der Waals surface area (Å²) in [5, 5.41) is 0. The molecule has 0 unspecified atom stereocenters. The van der Waals surface area contributed by atoms with Crippen LogP contribution in [0.2, 0.25) is 0 Å². The van der Waals surface area contributed by atoms with Gasteiger partial charge < -0.3 is 33.2 Å². The summed E-state index contributed by atoms with van der Waals surface area (Å²) in [6.45, 7) is 12.2. The van der Waals surface area contributed by atoms with Crippen molar-refractivity contribution >= 4 is 0 Å². The first-order chi connectivity index (χ1) is 11.8. The van der Waals surface area contributed by atoms with Crippen LogP contribution >= 0.6 is 0 Å². The summed E-state index contributed by atoms with van der Waals surface area (Å²) in [4.78, 5) is 0. The fourth-order valence-corrected chi connectivity index (χ4v) is 3.56. The normalized spacial score (nSPS) is 38.5. The van der Waals surface area contributed by atoms with Crippen molar-refractivity contribution in [2.75, 3.05) is 33.0 Å². The molecule has 0 aromatic heterocycles. The molecular weight excluding hydrogens is 328 g/mol. The van der Waals surface area contributed by atoms with Gasteiger partial charge in [-0.2, -0.15) is 0 Å². The lowest BCUT2D eigenvalue weighted by Gasteiger charge is -2.38. The summed E-state index contributed by atoms with van der Waals surface area (Å²) in [6.07, 6.45) is 1.38. The summed E-state index contributed by atoms with van der Waals surface area (Å²) < 4.78 is 41.5. The minimum Gasteiger partial charge on any atom is -0.379 e. The molecule has 3 aliphatic rings. The average Bonchev–Trinajstić information content (AvgIpc) is 2.93. The van der Waals surface area contributed by atoms with E-state index in [0.29, 0.717) is 19.8 Å². The molecule has 0 amide bonds. The molecule has 146 valence electrons. The first-order valence-electron chi connectivity index (χ1n) is 9.30. The van der Waals surface area contributed by atoms with Gasteiger partial charge in [-0.3, -0.25) is 0 Å². The summed E-state index contributed by atoms with van der Waals surface area (Å²) in [6, 6.07) is 0. The average molecular weight is 360 g/mol. The van der Waals surface area contributed by atoms with Crippen molar-refractivity contribution in [3.05, 3.63) is 0 Å². The second-order valence-electron chi connectivity index (χ2n) is 7.82. The maximum atomic E-state index is 6.19. The van der Waals surface area contributed by atoms with E-state index in [4.69, 9.17) is 33.2 Å². The molecule has 0 spiro atoms. The molecule has 3 aliphatic heterocycles. The number of rotatable bonds is 8. The predicted molar refractivity (Wildman–Crippen MR) is 89.1 cm³/mol. The maximum Gasteiger partial charge on any atom is 0.224 e. The molecule has 3 heterocycles. The molecule has 0 aliphatic carbocycles. The SMILES string of the molecule is CCCCOCCOC[C@@]12O[C@H]3COC(C)(C)O[C@H]3[C@@H]1OC(C)(C)O2.